The monoisotopic (exact) mass is 308 g/mol. The molecule has 1 aliphatic carbocycles. The molecule has 1 aromatic carbocycles. The molecule has 118 valence electrons. The second-order valence-corrected chi connectivity index (χ2v) is 6.25. The Kier molecular flexibility index (Phi) is 3.62. The van der Waals surface area contributed by atoms with Crippen molar-refractivity contribution < 1.29 is 18.7 Å². The first-order valence-electron chi connectivity index (χ1n) is 7.49. The van der Waals surface area contributed by atoms with Crippen LogP contribution in [0.15, 0.2) is 12.1 Å². The van der Waals surface area contributed by atoms with Gasteiger partial charge in [0, 0.05) is 18.1 Å². The van der Waals surface area contributed by atoms with Crippen molar-refractivity contribution in [2.75, 3.05) is 0 Å². The zero-order chi connectivity index (χ0) is 16.0. The third-order valence-electron chi connectivity index (χ3n) is 4.39. The van der Waals surface area contributed by atoms with E-state index in [1.165, 1.54) is 0 Å². The lowest BCUT2D eigenvalue weighted by molar-refractivity contribution is -0.142. The Morgan fingerprint density at radius 3 is 2.45 bits per heavy atom. The quantitative estimate of drug-likeness (QED) is 0.933. The number of fused-ring (bicyclic) bond motifs is 1. The van der Waals surface area contributed by atoms with E-state index < -0.39 is 23.6 Å². The van der Waals surface area contributed by atoms with E-state index in [0.29, 0.717) is 16.9 Å². The van der Waals surface area contributed by atoms with Crippen LogP contribution in [-0.4, -0.2) is 20.6 Å². The van der Waals surface area contributed by atoms with Crippen molar-refractivity contribution in [1.29, 1.82) is 0 Å². The van der Waals surface area contributed by atoms with Gasteiger partial charge in [-0.2, -0.15) is 0 Å². The highest BCUT2D eigenvalue weighted by atomic mass is 19.2. The summed E-state index contributed by atoms with van der Waals surface area (Å²) < 4.78 is 28.7. The summed E-state index contributed by atoms with van der Waals surface area (Å²) in [5.74, 6) is -2.33. The van der Waals surface area contributed by atoms with Crippen LogP contribution in [0.4, 0.5) is 8.78 Å². The predicted molar refractivity (Wildman–Crippen MR) is 77.8 cm³/mol. The van der Waals surface area contributed by atoms with Gasteiger partial charge in [-0.1, -0.05) is 20.3 Å². The van der Waals surface area contributed by atoms with Crippen molar-refractivity contribution in [3.8, 4) is 0 Å². The normalized spacial score (nSPS) is 17.0. The predicted octanol–water partition coefficient (Wildman–Crippen LogP) is 3.86. The van der Waals surface area contributed by atoms with Gasteiger partial charge in [-0.05, 0) is 18.8 Å². The zero-order valence-corrected chi connectivity index (χ0v) is 12.5. The molecule has 4 nitrogen and oxygen atoms in total. The van der Waals surface area contributed by atoms with Gasteiger partial charge in [0.25, 0.3) is 0 Å². The van der Waals surface area contributed by atoms with Crippen LogP contribution in [0.25, 0.3) is 11.0 Å². The van der Waals surface area contributed by atoms with Crippen LogP contribution in [0.1, 0.15) is 50.9 Å². The molecule has 0 bridgehead atoms. The minimum atomic E-state index is -0.986. The topological polar surface area (TPSA) is 55.1 Å². The summed E-state index contributed by atoms with van der Waals surface area (Å²) in [6, 6.07) is 1.26. The van der Waals surface area contributed by atoms with Crippen LogP contribution in [0.3, 0.4) is 0 Å². The number of halogens is 2. The highest BCUT2D eigenvalue weighted by molar-refractivity contribution is 5.81. The van der Waals surface area contributed by atoms with Gasteiger partial charge in [0.15, 0.2) is 11.6 Å². The molecule has 1 heterocycles. The van der Waals surface area contributed by atoms with Crippen molar-refractivity contribution in [2.24, 2.45) is 5.92 Å². The molecule has 1 aromatic heterocycles. The molecule has 1 saturated carbocycles. The van der Waals surface area contributed by atoms with E-state index in [1.54, 1.807) is 18.4 Å². The van der Waals surface area contributed by atoms with Gasteiger partial charge in [0.05, 0.1) is 11.0 Å². The van der Waals surface area contributed by atoms with Crippen LogP contribution in [0, 0.1) is 17.6 Å². The molecule has 1 unspecified atom stereocenters. The Morgan fingerprint density at radius 2 is 1.95 bits per heavy atom. The summed E-state index contributed by atoms with van der Waals surface area (Å²) in [5.41, 5.74) is 0.662. The highest BCUT2D eigenvalue weighted by Gasteiger charge is 2.33. The van der Waals surface area contributed by atoms with Crippen LogP contribution in [-0.2, 0) is 4.79 Å². The molecular formula is C16H18F2N2O2. The first kappa shape index (κ1) is 14.9. The zero-order valence-electron chi connectivity index (χ0n) is 12.5. The summed E-state index contributed by atoms with van der Waals surface area (Å²) in [7, 11) is 0. The van der Waals surface area contributed by atoms with Gasteiger partial charge < -0.3 is 9.67 Å². The summed E-state index contributed by atoms with van der Waals surface area (Å²) in [6.07, 6.45) is 2.92. The maximum Gasteiger partial charge on any atom is 0.327 e. The van der Waals surface area contributed by atoms with Gasteiger partial charge in [0.1, 0.15) is 11.9 Å². The molecule has 0 saturated heterocycles. The Hall–Kier alpha value is -1.98. The lowest BCUT2D eigenvalue weighted by Gasteiger charge is -2.29. The average molecular weight is 308 g/mol. The molecule has 1 atom stereocenters. The molecule has 1 fully saturated rings. The van der Waals surface area contributed by atoms with Crippen LogP contribution in [0.5, 0.6) is 0 Å². The SMILES string of the molecule is CC(C)C(C(=O)O)n1c(C2CCC2)nc2cc(F)c(F)cc21. The number of hydrogen-bond acceptors (Lipinski definition) is 2. The van der Waals surface area contributed by atoms with Gasteiger partial charge >= 0.3 is 5.97 Å². The Labute approximate surface area is 126 Å². The molecule has 22 heavy (non-hydrogen) atoms. The lowest BCUT2D eigenvalue weighted by Crippen LogP contribution is -2.28. The van der Waals surface area contributed by atoms with E-state index in [1.807, 2.05) is 0 Å². The Morgan fingerprint density at radius 1 is 1.32 bits per heavy atom. The van der Waals surface area contributed by atoms with Crippen molar-refractivity contribution in [1.82, 2.24) is 9.55 Å². The van der Waals surface area contributed by atoms with E-state index in [4.69, 9.17) is 0 Å². The summed E-state index contributed by atoms with van der Waals surface area (Å²) >= 11 is 0. The smallest absolute Gasteiger partial charge is 0.327 e. The molecule has 6 heteroatoms. The molecule has 0 aliphatic heterocycles. The second kappa shape index (κ2) is 5.34. The summed E-state index contributed by atoms with van der Waals surface area (Å²) in [5, 5.41) is 9.58. The number of carboxylic acid groups (broad SMARTS) is 1. The van der Waals surface area contributed by atoms with Crippen LogP contribution in [0.2, 0.25) is 0 Å². The second-order valence-electron chi connectivity index (χ2n) is 6.25. The van der Waals surface area contributed by atoms with E-state index in [9.17, 15) is 18.7 Å². The number of rotatable bonds is 4. The third kappa shape index (κ3) is 2.26. The van der Waals surface area contributed by atoms with E-state index >= 15 is 0 Å². The Bertz CT molecular complexity index is 735. The molecule has 3 rings (SSSR count). The highest BCUT2D eigenvalue weighted by Crippen LogP contribution is 2.40. The van der Waals surface area contributed by atoms with E-state index in [-0.39, 0.29) is 11.8 Å². The number of nitrogens with zero attached hydrogens (tertiary/aromatic N) is 2. The Balaban J connectivity index is 2.27. The van der Waals surface area contributed by atoms with Gasteiger partial charge in [-0.25, -0.2) is 18.6 Å². The third-order valence-corrected chi connectivity index (χ3v) is 4.39. The van der Waals surface area contributed by atoms with Crippen molar-refractivity contribution >= 4 is 17.0 Å². The fourth-order valence-electron chi connectivity index (χ4n) is 3.05. The number of aliphatic carboxylic acids is 1. The fraction of sp³-hybridized carbons (Fsp3) is 0.500. The first-order chi connectivity index (χ1) is 10.4. The van der Waals surface area contributed by atoms with E-state index in [0.717, 1.165) is 31.4 Å². The molecular weight excluding hydrogens is 290 g/mol. The number of carboxylic acids is 1. The average Bonchev–Trinajstić information content (AvgIpc) is 2.66. The lowest BCUT2D eigenvalue weighted by atomic mass is 9.84. The fourth-order valence-corrected chi connectivity index (χ4v) is 3.05. The van der Waals surface area contributed by atoms with Gasteiger partial charge in [0.2, 0.25) is 0 Å². The molecule has 0 radical (unpaired) electrons. The number of carbonyl (C=O) groups is 1. The standard InChI is InChI=1S/C16H18F2N2O2/c1-8(2)14(16(21)22)20-13-7-11(18)10(17)6-12(13)19-15(20)9-4-3-5-9/h6-9,14H,3-5H2,1-2H3,(H,21,22). The molecule has 1 N–H and O–H groups in total. The van der Waals surface area contributed by atoms with Crippen molar-refractivity contribution in [3.63, 3.8) is 0 Å². The van der Waals surface area contributed by atoms with Gasteiger partial charge in [-0.3, -0.25) is 0 Å². The number of aromatic nitrogens is 2. The maximum absolute atomic E-state index is 13.6. The largest absolute Gasteiger partial charge is 0.480 e. The van der Waals surface area contributed by atoms with Gasteiger partial charge in [-0.15, -0.1) is 0 Å². The van der Waals surface area contributed by atoms with Crippen LogP contribution >= 0.6 is 0 Å². The molecule has 0 spiro atoms. The summed E-state index contributed by atoms with van der Waals surface area (Å²) in [6.45, 7) is 3.60. The molecule has 0 amide bonds. The first-order valence-corrected chi connectivity index (χ1v) is 7.49. The molecule has 2 aromatic rings. The molecule has 1 aliphatic rings. The summed E-state index contributed by atoms with van der Waals surface area (Å²) in [4.78, 5) is 16.1. The minimum Gasteiger partial charge on any atom is -0.480 e. The van der Waals surface area contributed by atoms with E-state index in [2.05, 4.69) is 4.98 Å². The number of imidazole rings is 1. The maximum atomic E-state index is 13.6. The van der Waals surface area contributed by atoms with Crippen molar-refractivity contribution in [2.45, 2.75) is 45.1 Å². The number of hydrogen-bond donors (Lipinski definition) is 1. The van der Waals surface area contributed by atoms with Crippen LogP contribution < -0.4 is 0 Å². The minimum absolute atomic E-state index is 0.166. The number of benzene rings is 1. The van der Waals surface area contributed by atoms with Crippen molar-refractivity contribution in [3.05, 3.63) is 29.6 Å².